The van der Waals surface area contributed by atoms with Crippen molar-refractivity contribution in [3.63, 3.8) is 0 Å². The van der Waals surface area contributed by atoms with Gasteiger partial charge in [0.15, 0.2) is 0 Å². The van der Waals surface area contributed by atoms with E-state index in [1.165, 1.54) is 4.90 Å². The first-order valence-corrected chi connectivity index (χ1v) is 6.94. The smallest absolute Gasteiger partial charge is 0.327 e. The minimum Gasteiger partial charge on any atom is -0.480 e. The highest BCUT2D eigenvalue weighted by atomic mass is 16.5. The topological polar surface area (TPSA) is 66.8 Å². The summed E-state index contributed by atoms with van der Waals surface area (Å²) >= 11 is 0. The van der Waals surface area contributed by atoms with Gasteiger partial charge in [0.2, 0.25) is 0 Å². The van der Waals surface area contributed by atoms with Gasteiger partial charge in [-0.3, -0.25) is 9.69 Å². The van der Waals surface area contributed by atoms with Crippen LogP contribution in [0.4, 0.5) is 5.69 Å². The molecule has 0 bridgehead atoms. The molecule has 20 heavy (non-hydrogen) atoms. The fraction of sp³-hybridized carbons (Fsp3) is 0.467. The molecule has 5 nitrogen and oxygen atoms in total. The van der Waals surface area contributed by atoms with Gasteiger partial charge in [-0.2, -0.15) is 0 Å². The zero-order valence-corrected chi connectivity index (χ0v) is 11.1. The molecule has 106 valence electrons. The van der Waals surface area contributed by atoms with Gasteiger partial charge < -0.3 is 9.84 Å². The van der Waals surface area contributed by atoms with Crippen molar-refractivity contribution in [1.29, 1.82) is 0 Å². The van der Waals surface area contributed by atoms with Gasteiger partial charge in [0, 0.05) is 18.7 Å². The highest BCUT2D eigenvalue weighted by Gasteiger charge is 2.41. The summed E-state index contributed by atoms with van der Waals surface area (Å²) in [6.45, 7) is 0.573. The molecule has 1 saturated heterocycles. The summed E-state index contributed by atoms with van der Waals surface area (Å²) in [6.07, 6.45) is 2.44. The van der Waals surface area contributed by atoms with Crippen LogP contribution in [0.1, 0.15) is 24.8 Å². The van der Waals surface area contributed by atoms with Gasteiger partial charge in [-0.05, 0) is 30.9 Å². The number of rotatable bonds is 2. The molecule has 1 N–H and O–H groups in total. The normalized spacial score (nSPS) is 25.3. The lowest BCUT2D eigenvalue weighted by atomic mass is 10.1. The second-order valence-corrected chi connectivity index (χ2v) is 5.25. The molecule has 0 saturated carbocycles. The number of carboxylic acids is 1. The molecular weight excluding hydrogens is 258 g/mol. The van der Waals surface area contributed by atoms with E-state index in [4.69, 9.17) is 4.74 Å². The highest BCUT2D eigenvalue weighted by Crippen LogP contribution is 2.33. The number of carbonyl (C=O) groups excluding carboxylic acids is 1. The summed E-state index contributed by atoms with van der Waals surface area (Å²) in [4.78, 5) is 25.5. The highest BCUT2D eigenvalue weighted by molar-refractivity contribution is 6.04. The number of aliphatic carboxylic acids is 1. The Morgan fingerprint density at radius 2 is 2.05 bits per heavy atom. The van der Waals surface area contributed by atoms with Crippen LogP contribution in [-0.4, -0.2) is 35.7 Å². The first kappa shape index (κ1) is 13.1. The molecule has 2 aliphatic heterocycles. The zero-order chi connectivity index (χ0) is 14.1. The second kappa shape index (κ2) is 5.25. The molecule has 5 heteroatoms. The molecule has 1 aromatic rings. The lowest BCUT2D eigenvalue weighted by molar-refractivity contribution is -0.142. The molecule has 2 heterocycles. The van der Waals surface area contributed by atoms with E-state index in [0.717, 1.165) is 18.4 Å². The van der Waals surface area contributed by atoms with Gasteiger partial charge in [-0.25, -0.2) is 4.79 Å². The molecule has 1 aromatic carbocycles. The van der Waals surface area contributed by atoms with Gasteiger partial charge in [-0.1, -0.05) is 18.2 Å². The first-order valence-electron chi connectivity index (χ1n) is 6.94. The van der Waals surface area contributed by atoms with Crippen LogP contribution in [0, 0.1) is 0 Å². The van der Waals surface area contributed by atoms with E-state index in [1.807, 2.05) is 18.2 Å². The fourth-order valence-electron chi connectivity index (χ4n) is 2.95. The molecule has 3 rings (SSSR count). The molecule has 2 atom stereocenters. The predicted octanol–water partition coefficient (Wildman–Crippen LogP) is 1.60. The summed E-state index contributed by atoms with van der Waals surface area (Å²) in [5.74, 6) is -1.19. The molecule has 2 unspecified atom stereocenters. The van der Waals surface area contributed by atoms with E-state index < -0.39 is 18.1 Å². The number of fused-ring (bicyclic) bond motifs is 1. The summed E-state index contributed by atoms with van der Waals surface area (Å²) in [7, 11) is 0. The van der Waals surface area contributed by atoms with E-state index in [9.17, 15) is 14.7 Å². The fourth-order valence-corrected chi connectivity index (χ4v) is 2.95. The van der Waals surface area contributed by atoms with Crippen molar-refractivity contribution in [2.45, 2.75) is 37.8 Å². The predicted molar refractivity (Wildman–Crippen MR) is 72.6 cm³/mol. The maximum absolute atomic E-state index is 12.6. The maximum atomic E-state index is 12.6. The third-order valence-corrected chi connectivity index (χ3v) is 3.95. The van der Waals surface area contributed by atoms with E-state index in [0.29, 0.717) is 25.1 Å². The summed E-state index contributed by atoms with van der Waals surface area (Å²) in [6, 6.07) is 6.55. The Bertz CT molecular complexity index is 536. The monoisotopic (exact) mass is 275 g/mol. The van der Waals surface area contributed by atoms with Crippen LogP contribution in [0.2, 0.25) is 0 Å². The Kier molecular flexibility index (Phi) is 3.44. The van der Waals surface area contributed by atoms with Crippen LogP contribution in [-0.2, 0) is 20.7 Å². The van der Waals surface area contributed by atoms with E-state index in [-0.39, 0.29) is 5.91 Å². The lowest BCUT2D eigenvalue weighted by Crippen LogP contribution is -2.48. The van der Waals surface area contributed by atoms with Crippen LogP contribution in [0.3, 0.4) is 0 Å². The third-order valence-electron chi connectivity index (χ3n) is 3.95. The van der Waals surface area contributed by atoms with E-state index >= 15 is 0 Å². The first-order chi connectivity index (χ1) is 9.68. The number of hydrogen-bond acceptors (Lipinski definition) is 3. The average Bonchev–Trinajstić information content (AvgIpc) is 2.87. The van der Waals surface area contributed by atoms with Crippen LogP contribution in [0.5, 0.6) is 0 Å². The summed E-state index contributed by atoms with van der Waals surface area (Å²) in [5, 5.41) is 9.37. The number of anilines is 1. The maximum Gasteiger partial charge on any atom is 0.327 e. The van der Waals surface area contributed by atoms with Crippen LogP contribution in [0.15, 0.2) is 24.3 Å². The minimum absolute atomic E-state index is 0.220. The Balaban J connectivity index is 1.91. The van der Waals surface area contributed by atoms with Crippen molar-refractivity contribution in [2.24, 2.45) is 0 Å². The van der Waals surface area contributed by atoms with Crippen molar-refractivity contribution < 1.29 is 19.4 Å². The van der Waals surface area contributed by atoms with Crippen molar-refractivity contribution in [3.05, 3.63) is 29.8 Å². The molecular formula is C15H17NO4. The summed E-state index contributed by atoms with van der Waals surface area (Å²) < 4.78 is 5.51. The van der Waals surface area contributed by atoms with Crippen molar-refractivity contribution in [1.82, 2.24) is 0 Å². The van der Waals surface area contributed by atoms with Gasteiger partial charge in [0.25, 0.3) is 5.91 Å². The zero-order valence-electron chi connectivity index (χ0n) is 11.1. The largest absolute Gasteiger partial charge is 0.480 e. The average molecular weight is 275 g/mol. The Morgan fingerprint density at radius 1 is 1.25 bits per heavy atom. The van der Waals surface area contributed by atoms with Crippen molar-refractivity contribution >= 4 is 17.6 Å². The Labute approximate surface area is 117 Å². The number of nitrogens with zero attached hydrogens (tertiary/aromatic N) is 1. The summed E-state index contributed by atoms with van der Waals surface area (Å²) in [5.41, 5.74) is 1.61. The Morgan fingerprint density at radius 3 is 2.75 bits per heavy atom. The number of ether oxygens (including phenoxy) is 1. The standard InChI is InChI=1S/C15H17NO4/c17-14(13-7-3-4-8-20-13)16-11-6-2-1-5-10(11)9-12(16)15(18)19/h1-2,5-6,12-13H,3-4,7-9H2,(H,18,19). The molecule has 2 aliphatic rings. The number of carboxylic acid groups (broad SMARTS) is 1. The van der Waals surface area contributed by atoms with Crippen LogP contribution in [0.25, 0.3) is 0 Å². The second-order valence-electron chi connectivity index (χ2n) is 5.25. The van der Waals surface area contributed by atoms with Gasteiger partial charge in [-0.15, -0.1) is 0 Å². The van der Waals surface area contributed by atoms with Crippen molar-refractivity contribution in [2.75, 3.05) is 11.5 Å². The minimum atomic E-state index is -0.967. The third kappa shape index (κ3) is 2.18. The van der Waals surface area contributed by atoms with Crippen LogP contribution >= 0.6 is 0 Å². The Hall–Kier alpha value is -1.88. The number of benzene rings is 1. The van der Waals surface area contributed by atoms with E-state index in [1.54, 1.807) is 6.07 Å². The van der Waals surface area contributed by atoms with E-state index in [2.05, 4.69) is 0 Å². The van der Waals surface area contributed by atoms with Gasteiger partial charge in [0.1, 0.15) is 12.1 Å². The quantitative estimate of drug-likeness (QED) is 0.890. The van der Waals surface area contributed by atoms with Gasteiger partial charge in [0.05, 0.1) is 0 Å². The van der Waals surface area contributed by atoms with Gasteiger partial charge >= 0.3 is 5.97 Å². The SMILES string of the molecule is O=C(O)C1Cc2ccccc2N1C(=O)C1CCCCO1. The molecule has 1 amide bonds. The van der Waals surface area contributed by atoms with Crippen LogP contribution < -0.4 is 4.90 Å². The molecule has 0 aliphatic carbocycles. The number of amides is 1. The number of carbonyl (C=O) groups is 2. The number of para-hydroxylation sites is 1. The molecule has 1 fully saturated rings. The lowest BCUT2D eigenvalue weighted by Gasteiger charge is -2.29. The molecule has 0 radical (unpaired) electrons. The number of hydrogen-bond donors (Lipinski definition) is 1. The molecule has 0 spiro atoms. The molecule has 0 aromatic heterocycles. The van der Waals surface area contributed by atoms with Crippen molar-refractivity contribution in [3.8, 4) is 0 Å².